The second-order valence-electron chi connectivity index (χ2n) is 5.27. The fraction of sp³-hybridized carbons (Fsp3) is 0.278. The number of hydrogen-bond donors (Lipinski definition) is 1. The third-order valence-electron chi connectivity index (χ3n) is 3.40. The predicted molar refractivity (Wildman–Crippen MR) is 97.2 cm³/mol. The molecule has 0 heterocycles. The minimum Gasteiger partial charge on any atom is -0.488 e. The van der Waals surface area contributed by atoms with Crippen LogP contribution in [0.15, 0.2) is 36.4 Å². The summed E-state index contributed by atoms with van der Waals surface area (Å²) in [5, 5.41) is 3.71. The summed E-state index contributed by atoms with van der Waals surface area (Å²) in [5.41, 5.74) is 1.19. The van der Waals surface area contributed by atoms with Gasteiger partial charge in [0, 0.05) is 35.3 Å². The van der Waals surface area contributed by atoms with Crippen molar-refractivity contribution in [3.05, 3.63) is 57.8 Å². The number of amides is 1. The van der Waals surface area contributed by atoms with Crippen LogP contribution in [0.25, 0.3) is 0 Å². The molecule has 25 heavy (non-hydrogen) atoms. The van der Waals surface area contributed by atoms with Gasteiger partial charge in [0.1, 0.15) is 6.61 Å². The van der Waals surface area contributed by atoms with Gasteiger partial charge in [-0.05, 0) is 36.2 Å². The first kappa shape index (κ1) is 19.5. The zero-order valence-corrected chi connectivity index (χ0v) is 15.2. The van der Waals surface area contributed by atoms with E-state index in [1.165, 1.54) is 19.2 Å². The fourth-order valence-corrected chi connectivity index (χ4v) is 2.63. The van der Waals surface area contributed by atoms with E-state index < -0.39 is 5.82 Å². The van der Waals surface area contributed by atoms with Gasteiger partial charge in [0.15, 0.2) is 11.6 Å². The standard InChI is InChI=1S/C18H18Cl2FNO3/c1-24-8-9-25-17-6-5-14(11-16(17)21)22-18(23)7-3-12-2-4-13(19)10-15(12)20/h2,4-6,10-11H,3,7-9H2,1H3,(H,22,23). The second kappa shape index (κ2) is 9.61. The highest BCUT2D eigenvalue weighted by molar-refractivity contribution is 6.35. The van der Waals surface area contributed by atoms with E-state index in [1.54, 1.807) is 24.3 Å². The van der Waals surface area contributed by atoms with E-state index in [-0.39, 0.29) is 24.7 Å². The molecule has 134 valence electrons. The molecule has 2 rings (SSSR count). The maximum Gasteiger partial charge on any atom is 0.224 e. The number of methoxy groups -OCH3 is 1. The summed E-state index contributed by atoms with van der Waals surface area (Å²) in [6.07, 6.45) is 0.678. The van der Waals surface area contributed by atoms with Crippen LogP contribution in [0.5, 0.6) is 5.75 Å². The molecule has 0 spiro atoms. The van der Waals surface area contributed by atoms with Gasteiger partial charge in [-0.25, -0.2) is 4.39 Å². The van der Waals surface area contributed by atoms with E-state index in [4.69, 9.17) is 32.7 Å². The molecular formula is C18H18Cl2FNO3. The third-order valence-corrected chi connectivity index (χ3v) is 3.98. The Balaban J connectivity index is 1.88. The Morgan fingerprint density at radius 1 is 1.16 bits per heavy atom. The van der Waals surface area contributed by atoms with Crippen molar-refractivity contribution in [1.82, 2.24) is 0 Å². The Bertz CT molecular complexity index is 740. The Kier molecular flexibility index (Phi) is 7.50. The van der Waals surface area contributed by atoms with Gasteiger partial charge in [-0.2, -0.15) is 0 Å². The first-order chi connectivity index (χ1) is 12.0. The van der Waals surface area contributed by atoms with Crippen LogP contribution >= 0.6 is 23.2 Å². The van der Waals surface area contributed by atoms with Gasteiger partial charge in [-0.15, -0.1) is 0 Å². The van der Waals surface area contributed by atoms with E-state index in [0.29, 0.717) is 28.8 Å². The Labute approximate surface area is 155 Å². The fourth-order valence-electron chi connectivity index (χ4n) is 2.13. The molecule has 2 aromatic rings. The van der Waals surface area contributed by atoms with Crippen molar-refractivity contribution in [3.63, 3.8) is 0 Å². The molecule has 0 saturated carbocycles. The maximum absolute atomic E-state index is 13.9. The van der Waals surface area contributed by atoms with Crippen LogP contribution in [0, 0.1) is 5.82 Å². The summed E-state index contributed by atoms with van der Waals surface area (Å²) in [4.78, 5) is 12.0. The number of nitrogens with one attached hydrogen (secondary N) is 1. The molecule has 0 aliphatic heterocycles. The highest BCUT2D eigenvalue weighted by Crippen LogP contribution is 2.23. The van der Waals surface area contributed by atoms with Crippen LogP contribution in [-0.4, -0.2) is 26.2 Å². The summed E-state index contributed by atoms with van der Waals surface area (Å²) in [7, 11) is 1.54. The minimum atomic E-state index is -0.547. The van der Waals surface area contributed by atoms with Crippen LogP contribution in [0.1, 0.15) is 12.0 Å². The largest absolute Gasteiger partial charge is 0.488 e. The lowest BCUT2D eigenvalue weighted by molar-refractivity contribution is -0.116. The van der Waals surface area contributed by atoms with Crippen LogP contribution in [0.3, 0.4) is 0 Å². The highest BCUT2D eigenvalue weighted by Gasteiger charge is 2.09. The Morgan fingerprint density at radius 3 is 2.64 bits per heavy atom. The molecule has 4 nitrogen and oxygen atoms in total. The van der Waals surface area contributed by atoms with Gasteiger partial charge >= 0.3 is 0 Å². The number of rotatable bonds is 8. The number of hydrogen-bond acceptors (Lipinski definition) is 3. The molecular weight excluding hydrogens is 368 g/mol. The highest BCUT2D eigenvalue weighted by atomic mass is 35.5. The predicted octanol–water partition coefficient (Wildman–Crippen LogP) is 4.73. The van der Waals surface area contributed by atoms with Gasteiger partial charge in [-0.1, -0.05) is 29.3 Å². The summed E-state index contributed by atoms with van der Waals surface area (Å²) in [6, 6.07) is 9.40. The molecule has 0 aliphatic rings. The smallest absolute Gasteiger partial charge is 0.224 e. The van der Waals surface area contributed by atoms with E-state index >= 15 is 0 Å². The van der Waals surface area contributed by atoms with E-state index in [9.17, 15) is 9.18 Å². The van der Waals surface area contributed by atoms with Crippen molar-refractivity contribution in [2.75, 3.05) is 25.6 Å². The monoisotopic (exact) mass is 385 g/mol. The van der Waals surface area contributed by atoms with Gasteiger partial charge in [-0.3, -0.25) is 4.79 Å². The number of halogens is 3. The number of benzene rings is 2. The van der Waals surface area contributed by atoms with Crippen LogP contribution in [0.4, 0.5) is 10.1 Å². The summed E-state index contributed by atoms with van der Waals surface area (Å²) >= 11 is 11.9. The third kappa shape index (κ3) is 6.20. The summed E-state index contributed by atoms with van der Waals surface area (Å²) in [6.45, 7) is 0.617. The number of aryl methyl sites for hydroxylation is 1. The first-order valence-electron chi connectivity index (χ1n) is 7.64. The van der Waals surface area contributed by atoms with Gasteiger partial charge in [0.25, 0.3) is 0 Å². The van der Waals surface area contributed by atoms with E-state index in [0.717, 1.165) is 5.56 Å². The molecule has 0 saturated heterocycles. The van der Waals surface area contributed by atoms with Crippen LogP contribution in [-0.2, 0) is 16.0 Å². The lowest BCUT2D eigenvalue weighted by atomic mass is 10.1. The molecule has 0 aliphatic carbocycles. The average molecular weight is 386 g/mol. The molecule has 2 aromatic carbocycles. The normalized spacial score (nSPS) is 10.6. The van der Waals surface area contributed by atoms with E-state index in [2.05, 4.69) is 5.32 Å². The lowest BCUT2D eigenvalue weighted by Gasteiger charge is -2.10. The van der Waals surface area contributed by atoms with E-state index in [1.807, 2.05) is 0 Å². The number of ether oxygens (including phenoxy) is 2. The van der Waals surface area contributed by atoms with Gasteiger partial charge < -0.3 is 14.8 Å². The SMILES string of the molecule is COCCOc1ccc(NC(=O)CCc2ccc(Cl)cc2Cl)cc1F. The van der Waals surface area contributed by atoms with Gasteiger partial charge in [0.2, 0.25) is 5.91 Å². The van der Waals surface area contributed by atoms with Crippen molar-refractivity contribution >= 4 is 34.8 Å². The number of carbonyl (C=O) groups is 1. The zero-order chi connectivity index (χ0) is 18.2. The molecule has 0 bridgehead atoms. The lowest BCUT2D eigenvalue weighted by Crippen LogP contribution is -2.13. The zero-order valence-electron chi connectivity index (χ0n) is 13.7. The molecule has 0 aromatic heterocycles. The van der Waals surface area contributed by atoms with Crippen LogP contribution < -0.4 is 10.1 Å². The minimum absolute atomic E-state index is 0.114. The molecule has 1 N–H and O–H groups in total. The quantitative estimate of drug-likeness (QED) is 0.668. The molecule has 0 radical (unpaired) electrons. The van der Waals surface area contributed by atoms with Gasteiger partial charge in [0.05, 0.1) is 6.61 Å². The summed E-state index contributed by atoms with van der Waals surface area (Å²) < 4.78 is 24.0. The van der Waals surface area contributed by atoms with Crippen molar-refractivity contribution in [3.8, 4) is 5.75 Å². The molecule has 0 unspecified atom stereocenters. The molecule has 0 atom stereocenters. The molecule has 7 heteroatoms. The van der Waals surface area contributed by atoms with Crippen molar-refractivity contribution in [2.45, 2.75) is 12.8 Å². The molecule has 1 amide bonds. The number of carbonyl (C=O) groups excluding carboxylic acids is 1. The Hall–Kier alpha value is -1.82. The number of anilines is 1. The Morgan fingerprint density at radius 2 is 1.96 bits per heavy atom. The second-order valence-corrected chi connectivity index (χ2v) is 6.11. The topological polar surface area (TPSA) is 47.6 Å². The van der Waals surface area contributed by atoms with Crippen molar-refractivity contribution in [1.29, 1.82) is 0 Å². The van der Waals surface area contributed by atoms with Crippen molar-refractivity contribution < 1.29 is 18.7 Å². The maximum atomic E-state index is 13.9. The summed E-state index contributed by atoms with van der Waals surface area (Å²) in [5.74, 6) is -0.670. The molecule has 0 fully saturated rings. The van der Waals surface area contributed by atoms with Crippen LogP contribution in [0.2, 0.25) is 10.0 Å². The first-order valence-corrected chi connectivity index (χ1v) is 8.40. The average Bonchev–Trinajstić information content (AvgIpc) is 2.56. The van der Waals surface area contributed by atoms with Crippen molar-refractivity contribution in [2.24, 2.45) is 0 Å².